The minimum absolute atomic E-state index is 0.161. The lowest BCUT2D eigenvalue weighted by Gasteiger charge is -2.16. The van der Waals surface area contributed by atoms with E-state index in [9.17, 15) is 4.79 Å². The van der Waals surface area contributed by atoms with E-state index in [-0.39, 0.29) is 11.8 Å². The average molecular weight is 378 g/mol. The molecule has 0 saturated carbocycles. The van der Waals surface area contributed by atoms with Gasteiger partial charge in [-0.2, -0.15) is 10.1 Å². The number of nitrogens with zero attached hydrogens (tertiary/aromatic N) is 5. The van der Waals surface area contributed by atoms with Crippen molar-refractivity contribution in [3.8, 4) is 0 Å². The first-order chi connectivity index (χ1) is 13.6. The fourth-order valence-electron chi connectivity index (χ4n) is 3.81. The molecule has 3 aromatic rings. The van der Waals surface area contributed by atoms with Gasteiger partial charge in [0.05, 0.1) is 5.69 Å². The quantitative estimate of drug-likeness (QED) is 0.713. The van der Waals surface area contributed by atoms with E-state index in [4.69, 9.17) is 0 Å². The molecule has 1 aliphatic rings. The van der Waals surface area contributed by atoms with Crippen LogP contribution in [-0.4, -0.2) is 56.6 Å². The van der Waals surface area contributed by atoms with Crippen LogP contribution in [0.15, 0.2) is 42.7 Å². The van der Waals surface area contributed by atoms with Crippen molar-refractivity contribution in [1.82, 2.24) is 29.8 Å². The number of carbonyl (C=O) groups excluding carboxylic acids is 1. The van der Waals surface area contributed by atoms with Gasteiger partial charge >= 0.3 is 0 Å². The molecule has 0 aliphatic carbocycles. The number of hydrogen-bond acceptors (Lipinski definition) is 5. The average Bonchev–Trinajstić information content (AvgIpc) is 3.37. The van der Waals surface area contributed by atoms with Crippen LogP contribution >= 0.6 is 0 Å². The lowest BCUT2D eigenvalue weighted by molar-refractivity contribution is 0.0944. The van der Waals surface area contributed by atoms with Gasteiger partial charge in [0.1, 0.15) is 12.0 Å². The van der Waals surface area contributed by atoms with Crippen LogP contribution < -0.4 is 5.32 Å². The number of likely N-dealkylation sites (tertiary alicyclic amines) is 1. The summed E-state index contributed by atoms with van der Waals surface area (Å²) in [6.45, 7) is 7.69. The second-order valence-corrected chi connectivity index (χ2v) is 7.65. The Morgan fingerprint density at radius 1 is 1.29 bits per heavy atom. The highest BCUT2D eigenvalue weighted by atomic mass is 16.1. The van der Waals surface area contributed by atoms with Crippen molar-refractivity contribution in [3.63, 3.8) is 0 Å². The minimum atomic E-state index is -0.161. The van der Waals surface area contributed by atoms with E-state index < -0.39 is 0 Å². The molecule has 2 aromatic heterocycles. The molecule has 0 unspecified atom stereocenters. The first kappa shape index (κ1) is 18.6. The maximum Gasteiger partial charge on any atom is 0.270 e. The van der Waals surface area contributed by atoms with E-state index in [1.54, 1.807) is 4.52 Å². The molecule has 0 bridgehead atoms. The topological polar surface area (TPSA) is 75.4 Å². The monoisotopic (exact) mass is 378 g/mol. The second kappa shape index (κ2) is 8.06. The summed E-state index contributed by atoms with van der Waals surface area (Å²) in [6.07, 6.45) is 2.63. The van der Waals surface area contributed by atoms with E-state index in [0.717, 1.165) is 25.3 Å². The third-order valence-corrected chi connectivity index (χ3v) is 5.36. The Labute approximate surface area is 164 Å². The number of aromatic nitrogens is 4. The third kappa shape index (κ3) is 3.89. The summed E-state index contributed by atoms with van der Waals surface area (Å²) in [6, 6.07) is 12.5. The Kier molecular flexibility index (Phi) is 5.34. The van der Waals surface area contributed by atoms with Crippen molar-refractivity contribution in [2.45, 2.75) is 32.1 Å². The summed E-state index contributed by atoms with van der Waals surface area (Å²) in [5.41, 5.74) is 2.73. The van der Waals surface area contributed by atoms with E-state index >= 15 is 0 Å². The van der Waals surface area contributed by atoms with Gasteiger partial charge in [-0.05, 0) is 36.4 Å². The molecule has 0 radical (unpaired) electrons. The Balaban J connectivity index is 1.33. The van der Waals surface area contributed by atoms with Gasteiger partial charge in [0.2, 0.25) is 0 Å². The first-order valence-electron chi connectivity index (χ1n) is 9.88. The van der Waals surface area contributed by atoms with E-state index in [0.29, 0.717) is 23.9 Å². The van der Waals surface area contributed by atoms with Gasteiger partial charge in [-0.1, -0.05) is 44.2 Å². The molecule has 1 aliphatic heterocycles. The lowest BCUT2D eigenvalue weighted by atomic mass is 9.99. The fourth-order valence-corrected chi connectivity index (χ4v) is 3.81. The first-order valence-corrected chi connectivity index (χ1v) is 9.88. The van der Waals surface area contributed by atoms with Crippen molar-refractivity contribution in [1.29, 1.82) is 0 Å². The molecule has 0 spiro atoms. The van der Waals surface area contributed by atoms with E-state index in [1.807, 2.05) is 6.07 Å². The summed E-state index contributed by atoms with van der Waals surface area (Å²) >= 11 is 0. The van der Waals surface area contributed by atoms with Gasteiger partial charge in [0.15, 0.2) is 0 Å². The molecule has 1 fully saturated rings. The highest BCUT2D eigenvalue weighted by Crippen LogP contribution is 2.26. The van der Waals surface area contributed by atoms with Crippen molar-refractivity contribution in [2.24, 2.45) is 0 Å². The number of hydrogen-bond donors (Lipinski definition) is 1. The third-order valence-electron chi connectivity index (χ3n) is 5.36. The van der Waals surface area contributed by atoms with Crippen LogP contribution in [0.3, 0.4) is 0 Å². The predicted molar refractivity (Wildman–Crippen MR) is 107 cm³/mol. The van der Waals surface area contributed by atoms with Crippen LogP contribution in [0.4, 0.5) is 0 Å². The van der Waals surface area contributed by atoms with Crippen LogP contribution in [0.25, 0.3) is 5.78 Å². The Bertz CT molecular complexity index is 952. The van der Waals surface area contributed by atoms with Gasteiger partial charge in [-0.25, -0.2) is 9.50 Å². The molecule has 1 amide bonds. The fraction of sp³-hybridized carbons (Fsp3) is 0.429. The zero-order valence-electron chi connectivity index (χ0n) is 16.4. The zero-order valence-corrected chi connectivity index (χ0v) is 16.4. The summed E-state index contributed by atoms with van der Waals surface area (Å²) in [7, 11) is 0. The van der Waals surface area contributed by atoms with Crippen LogP contribution in [0.1, 0.15) is 53.8 Å². The molecule has 1 saturated heterocycles. The molecule has 1 atom stereocenters. The Morgan fingerprint density at radius 3 is 2.89 bits per heavy atom. The molecular formula is C21H26N6O. The van der Waals surface area contributed by atoms with E-state index in [2.05, 4.69) is 69.5 Å². The summed E-state index contributed by atoms with van der Waals surface area (Å²) in [5, 5.41) is 7.19. The SMILES string of the molecule is CC(C)c1cc(C(=O)NCCN2CC[C@@H](c3ccccc3)C2)nc2ncnn12. The zero-order chi connectivity index (χ0) is 19.5. The minimum Gasteiger partial charge on any atom is -0.349 e. The van der Waals surface area contributed by atoms with Gasteiger partial charge < -0.3 is 10.2 Å². The number of fused-ring (bicyclic) bond motifs is 1. The van der Waals surface area contributed by atoms with Crippen molar-refractivity contribution in [2.75, 3.05) is 26.2 Å². The molecular weight excluding hydrogens is 352 g/mol. The predicted octanol–water partition coefficient (Wildman–Crippen LogP) is 2.47. The van der Waals surface area contributed by atoms with Crippen LogP contribution in [-0.2, 0) is 0 Å². The number of nitrogens with one attached hydrogen (secondary N) is 1. The standard InChI is InChI=1S/C21H26N6O/c1-15(2)19-12-18(25-21-23-14-24-27(19)21)20(28)22-9-11-26-10-8-17(13-26)16-6-4-3-5-7-16/h3-7,12,14-15,17H,8-11,13H2,1-2H3,(H,22,28)/t17-/m1/s1. The highest BCUT2D eigenvalue weighted by molar-refractivity contribution is 5.92. The van der Waals surface area contributed by atoms with Gasteiger partial charge in [-0.15, -0.1) is 0 Å². The lowest BCUT2D eigenvalue weighted by Crippen LogP contribution is -2.34. The Morgan fingerprint density at radius 2 is 2.11 bits per heavy atom. The number of benzene rings is 1. The number of rotatable bonds is 6. The Hall–Kier alpha value is -2.80. The largest absolute Gasteiger partial charge is 0.349 e. The van der Waals surface area contributed by atoms with Crippen LogP contribution in [0, 0.1) is 0 Å². The molecule has 7 heteroatoms. The maximum absolute atomic E-state index is 12.6. The van der Waals surface area contributed by atoms with Crippen LogP contribution in [0.2, 0.25) is 0 Å². The van der Waals surface area contributed by atoms with Crippen molar-refractivity contribution >= 4 is 11.7 Å². The normalized spacial score (nSPS) is 17.5. The maximum atomic E-state index is 12.6. The molecule has 28 heavy (non-hydrogen) atoms. The van der Waals surface area contributed by atoms with Crippen molar-refractivity contribution < 1.29 is 4.79 Å². The second-order valence-electron chi connectivity index (χ2n) is 7.65. The summed E-state index contributed by atoms with van der Waals surface area (Å²) in [4.78, 5) is 23.5. The number of amides is 1. The van der Waals surface area contributed by atoms with Gasteiger partial charge in [0.25, 0.3) is 11.7 Å². The molecule has 146 valence electrons. The molecule has 1 aromatic carbocycles. The summed E-state index contributed by atoms with van der Waals surface area (Å²) in [5.74, 6) is 1.11. The summed E-state index contributed by atoms with van der Waals surface area (Å²) < 4.78 is 1.69. The van der Waals surface area contributed by atoms with Crippen molar-refractivity contribution in [3.05, 3.63) is 59.7 Å². The van der Waals surface area contributed by atoms with Crippen LogP contribution in [0.5, 0.6) is 0 Å². The number of carbonyl (C=O) groups is 1. The highest BCUT2D eigenvalue weighted by Gasteiger charge is 2.23. The molecule has 4 rings (SSSR count). The van der Waals surface area contributed by atoms with Gasteiger partial charge in [0, 0.05) is 19.6 Å². The smallest absolute Gasteiger partial charge is 0.270 e. The molecule has 3 heterocycles. The molecule has 7 nitrogen and oxygen atoms in total. The van der Waals surface area contributed by atoms with Gasteiger partial charge in [-0.3, -0.25) is 4.79 Å². The molecule has 1 N–H and O–H groups in total. The van der Waals surface area contributed by atoms with E-state index in [1.165, 1.54) is 18.3 Å².